The van der Waals surface area contributed by atoms with Crippen molar-refractivity contribution in [2.75, 3.05) is 5.75 Å². The molecular formula is C17H23N5O3S2. The van der Waals surface area contributed by atoms with Crippen molar-refractivity contribution in [1.82, 2.24) is 14.9 Å². The summed E-state index contributed by atoms with van der Waals surface area (Å²) >= 11 is 1.23. The molecule has 0 radical (unpaired) electrons. The van der Waals surface area contributed by atoms with E-state index in [0.29, 0.717) is 17.2 Å². The minimum atomic E-state index is -3.81. The number of sulfonamides is 1. The fourth-order valence-electron chi connectivity index (χ4n) is 2.44. The molecule has 0 saturated heterocycles. The highest BCUT2D eigenvalue weighted by atomic mass is 32.2. The van der Waals surface area contributed by atoms with E-state index < -0.39 is 15.6 Å². The molecule has 2 aromatic rings. The maximum absolute atomic E-state index is 12.3. The van der Waals surface area contributed by atoms with E-state index in [1.165, 1.54) is 23.9 Å². The summed E-state index contributed by atoms with van der Waals surface area (Å²) in [6, 6.07) is 6.66. The van der Waals surface area contributed by atoms with Gasteiger partial charge in [0.15, 0.2) is 5.16 Å². The number of primary sulfonamides is 1. The zero-order chi connectivity index (χ0) is 20.4. The Bertz CT molecular complexity index is 1010. The van der Waals surface area contributed by atoms with Crippen molar-refractivity contribution in [2.24, 2.45) is 11.1 Å². The predicted molar refractivity (Wildman–Crippen MR) is 105 cm³/mol. The molecule has 10 heteroatoms. The Hall–Kier alpha value is -2.09. The summed E-state index contributed by atoms with van der Waals surface area (Å²) < 4.78 is 25.0. The SMILES string of the molecule is CCn1c(SCC(=O)NC(C)(C#N)C(C)C)nc2cc(S(N)(=O)=O)ccc21. The van der Waals surface area contributed by atoms with E-state index >= 15 is 0 Å². The number of thioether (sulfide) groups is 1. The number of fused-ring (bicyclic) bond motifs is 1. The first-order valence-corrected chi connectivity index (χ1v) is 10.9. The quantitative estimate of drug-likeness (QED) is 0.671. The molecule has 2 rings (SSSR count). The van der Waals surface area contributed by atoms with Crippen LogP contribution in [0.4, 0.5) is 0 Å². The summed E-state index contributed by atoms with van der Waals surface area (Å²) in [4.78, 5) is 16.7. The Labute approximate surface area is 163 Å². The van der Waals surface area contributed by atoms with Crippen LogP contribution >= 0.6 is 11.8 Å². The smallest absolute Gasteiger partial charge is 0.238 e. The number of carbonyl (C=O) groups is 1. The number of carbonyl (C=O) groups excluding carboxylic acids is 1. The number of nitrogens with two attached hydrogens (primary N) is 1. The third-order valence-electron chi connectivity index (χ3n) is 4.45. The Morgan fingerprint density at radius 3 is 2.67 bits per heavy atom. The summed E-state index contributed by atoms with van der Waals surface area (Å²) in [5.74, 6) is -0.207. The molecule has 1 heterocycles. The lowest BCUT2D eigenvalue weighted by Crippen LogP contribution is -2.49. The Morgan fingerprint density at radius 1 is 1.48 bits per heavy atom. The average Bonchev–Trinajstić information content (AvgIpc) is 2.95. The van der Waals surface area contributed by atoms with E-state index in [-0.39, 0.29) is 22.5 Å². The third kappa shape index (κ3) is 4.61. The van der Waals surface area contributed by atoms with Crippen molar-refractivity contribution >= 4 is 38.7 Å². The van der Waals surface area contributed by atoms with E-state index in [1.54, 1.807) is 13.0 Å². The van der Waals surface area contributed by atoms with Gasteiger partial charge in [-0.1, -0.05) is 25.6 Å². The zero-order valence-corrected chi connectivity index (χ0v) is 17.3. The van der Waals surface area contributed by atoms with E-state index in [1.807, 2.05) is 25.3 Å². The van der Waals surface area contributed by atoms with Crippen LogP contribution in [0.5, 0.6) is 0 Å². The van der Waals surface area contributed by atoms with Crippen molar-refractivity contribution in [3.8, 4) is 6.07 Å². The second kappa shape index (κ2) is 7.88. The molecule has 1 aromatic carbocycles. The van der Waals surface area contributed by atoms with E-state index in [4.69, 9.17) is 5.14 Å². The van der Waals surface area contributed by atoms with Crippen LogP contribution in [0.3, 0.4) is 0 Å². The lowest BCUT2D eigenvalue weighted by atomic mass is 9.90. The molecule has 0 fully saturated rings. The molecule has 0 aliphatic heterocycles. The van der Waals surface area contributed by atoms with Gasteiger partial charge in [-0.15, -0.1) is 0 Å². The monoisotopic (exact) mass is 409 g/mol. The van der Waals surface area contributed by atoms with Crippen molar-refractivity contribution in [3.05, 3.63) is 18.2 Å². The van der Waals surface area contributed by atoms with Gasteiger partial charge in [0.05, 0.1) is 27.8 Å². The fourth-order valence-corrected chi connectivity index (χ4v) is 3.85. The first kappa shape index (κ1) is 21.2. The molecule has 3 N–H and O–H groups in total. The average molecular weight is 410 g/mol. The molecule has 8 nitrogen and oxygen atoms in total. The minimum Gasteiger partial charge on any atom is -0.337 e. The molecule has 27 heavy (non-hydrogen) atoms. The zero-order valence-electron chi connectivity index (χ0n) is 15.7. The Morgan fingerprint density at radius 2 is 2.15 bits per heavy atom. The van der Waals surface area contributed by atoms with Crippen LogP contribution in [0.1, 0.15) is 27.7 Å². The second-order valence-electron chi connectivity index (χ2n) is 6.64. The third-order valence-corrected chi connectivity index (χ3v) is 6.34. The van der Waals surface area contributed by atoms with Gasteiger partial charge in [-0.3, -0.25) is 4.79 Å². The minimum absolute atomic E-state index is 0.00762. The molecule has 1 aromatic heterocycles. The van der Waals surface area contributed by atoms with E-state index in [2.05, 4.69) is 16.4 Å². The van der Waals surface area contributed by atoms with Crippen molar-refractivity contribution < 1.29 is 13.2 Å². The maximum atomic E-state index is 12.3. The lowest BCUT2D eigenvalue weighted by Gasteiger charge is -2.27. The Balaban J connectivity index is 2.24. The number of amides is 1. The highest BCUT2D eigenvalue weighted by Crippen LogP contribution is 2.26. The molecule has 0 spiro atoms. The number of rotatable bonds is 7. The molecule has 0 bridgehead atoms. The largest absolute Gasteiger partial charge is 0.337 e. The number of hydrogen-bond acceptors (Lipinski definition) is 6. The highest BCUT2D eigenvalue weighted by molar-refractivity contribution is 7.99. The molecule has 0 aliphatic rings. The Kier molecular flexibility index (Phi) is 6.19. The van der Waals surface area contributed by atoms with E-state index in [9.17, 15) is 18.5 Å². The number of nitrogens with zero attached hydrogens (tertiary/aromatic N) is 3. The molecule has 0 aliphatic carbocycles. The summed E-state index contributed by atoms with van der Waals surface area (Å²) in [6.45, 7) is 7.98. The standard InChI is InChI=1S/C17H23N5O3S2/c1-5-22-14-7-6-12(27(19,24)25)8-13(14)20-16(22)26-9-15(23)21-17(4,10-18)11(2)3/h6-8,11H,5,9H2,1-4H3,(H,21,23)(H2,19,24,25). The van der Waals surface area contributed by atoms with Crippen molar-refractivity contribution in [3.63, 3.8) is 0 Å². The second-order valence-corrected chi connectivity index (χ2v) is 9.14. The molecule has 146 valence electrons. The number of nitrogens with one attached hydrogen (secondary N) is 1. The van der Waals surface area contributed by atoms with Crippen LogP contribution in [0.25, 0.3) is 11.0 Å². The van der Waals surface area contributed by atoms with Crippen LogP contribution in [-0.4, -0.2) is 35.2 Å². The van der Waals surface area contributed by atoms with Crippen LogP contribution < -0.4 is 10.5 Å². The van der Waals surface area contributed by atoms with Crippen LogP contribution in [0.2, 0.25) is 0 Å². The number of imidazole rings is 1. The van der Waals surface area contributed by atoms with Gasteiger partial charge in [-0.2, -0.15) is 5.26 Å². The van der Waals surface area contributed by atoms with Crippen LogP contribution in [0.15, 0.2) is 28.3 Å². The van der Waals surface area contributed by atoms with Gasteiger partial charge >= 0.3 is 0 Å². The number of hydrogen-bond donors (Lipinski definition) is 2. The molecular weight excluding hydrogens is 386 g/mol. The number of aryl methyl sites for hydroxylation is 1. The number of aromatic nitrogens is 2. The first-order chi connectivity index (χ1) is 12.5. The van der Waals surface area contributed by atoms with Gasteiger partial charge in [-0.25, -0.2) is 18.5 Å². The van der Waals surface area contributed by atoms with Crippen molar-refractivity contribution in [2.45, 2.75) is 49.8 Å². The van der Waals surface area contributed by atoms with E-state index in [0.717, 1.165) is 5.52 Å². The van der Waals surface area contributed by atoms with Gasteiger partial charge in [-0.05, 0) is 38.0 Å². The topological polar surface area (TPSA) is 131 Å². The summed E-state index contributed by atoms with van der Waals surface area (Å²) in [5, 5.41) is 17.8. The summed E-state index contributed by atoms with van der Waals surface area (Å²) in [7, 11) is -3.81. The lowest BCUT2D eigenvalue weighted by molar-refractivity contribution is -0.120. The number of benzene rings is 1. The van der Waals surface area contributed by atoms with Crippen LogP contribution in [-0.2, 0) is 21.4 Å². The normalized spacial score (nSPS) is 14.1. The highest BCUT2D eigenvalue weighted by Gasteiger charge is 2.30. The molecule has 1 amide bonds. The fraction of sp³-hybridized carbons (Fsp3) is 0.471. The maximum Gasteiger partial charge on any atom is 0.238 e. The van der Waals surface area contributed by atoms with Gasteiger partial charge in [0, 0.05) is 6.54 Å². The van der Waals surface area contributed by atoms with Gasteiger partial charge in [0.1, 0.15) is 5.54 Å². The molecule has 1 unspecified atom stereocenters. The van der Waals surface area contributed by atoms with Gasteiger partial charge < -0.3 is 9.88 Å². The van der Waals surface area contributed by atoms with Gasteiger partial charge in [0.2, 0.25) is 15.9 Å². The molecule has 1 atom stereocenters. The molecule has 0 saturated carbocycles. The van der Waals surface area contributed by atoms with Gasteiger partial charge in [0.25, 0.3) is 0 Å². The predicted octanol–water partition coefficient (Wildman–Crippen LogP) is 1.85. The summed E-state index contributed by atoms with van der Waals surface area (Å²) in [6.07, 6.45) is 0. The first-order valence-electron chi connectivity index (χ1n) is 8.40. The van der Waals surface area contributed by atoms with Crippen molar-refractivity contribution in [1.29, 1.82) is 5.26 Å². The number of nitriles is 1. The summed E-state index contributed by atoms with van der Waals surface area (Å²) in [5.41, 5.74) is 0.319. The van der Waals surface area contributed by atoms with Crippen LogP contribution in [0, 0.1) is 17.2 Å².